The summed E-state index contributed by atoms with van der Waals surface area (Å²) in [5.74, 6) is 1.60. The van der Waals surface area contributed by atoms with E-state index in [1.54, 1.807) is 6.20 Å². The molecule has 0 amide bonds. The Morgan fingerprint density at radius 3 is 2.55 bits per heavy atom. The molecule has 0 unspecified atom stereocenters. The van der Waals surface area contributed by atoms with Crippen LogP contribution in [0.25, 0.3) is 0 Å². The fourth-order valence-corrected chi connectivity index (χ4v) is 2.17. The zero-order valence-corrected chi connectivity index (χ0v) is 13.5. The average molecular weight is 313 g/mol. The lowest BCUT2D eigenvalue weighted by atomic mass is 9.96. The van der Waals surface area contributed by atoms with Crippen molar-refractivity contribution in [1.29, 1.82) is 0 Å². The molecule has 0 fully saturated rings. The molecule has 0 aliphatic rings. The molecule has 0 bridgehead atoms. The number of aromatic nitrogens is 3. The summed E-state index contributed by atoms with van der Waals surface area (Å²) in [5, 5.41) is 4.37. The van der Waals surface area contributed by atoms with E-state index in [0.717, 1.165) is 17.3 Å². The summed E-state index contributed by atoms with van der Waals surface area (Å²) in [4.78, 5) is 8.82. The van der Waals surface area contributed by atoms with Crippen LogP contribution in [0.15, 0.2) is 18.3 Å². The number of nitrogens with zero attached hydrogens (tertiary/aromatic N) is 3. The van der Waals surface area contributed by atoms with Crippen LogP contribution in [0.4, 0.5) is 5.82 Å². The van der Waals surface area contributed by atoms with E-state index in [1.165, 1.54) is 0 Å². The largest absolute Gasteiger partial charge is 0.364 e. The second-order valence-corrected chi connectivity index (χ2v) is 6.47. The van der Waals surface area contributed by atoms with E-state index >= 15 is 0 Å². The van der Waals surface area contributed by atoms with Gasteiger partial charge in [0.05, 0.1) is 11.6 Å². The van der Waals surface area contributed by atoms with Gasteiger partial charge in [-0.3, -0.25) is 0 Å². The van der Waals surface area contributed by atoms with Crippen LogP contribution in [-0.4, -0.2) is 14.5 Å². The molecule has 0 aliphatic carbocycles. The summed E-state index contributed by atoms with van der Waals surface area (Å²) in [5.41, 5.74) is 0.922. The second-order valence-electron chi connectivity index (χ2n) is 5.70. The predicted molar refractivity (Wildman–Crippen MR) is 83.5 cm³/mol. The molecular weight excluding hydrogens is 295 g/mol. The standard InChI is InChI=1S/C14H18Cl2N4/c1-14(2,3)13-17-6-5-11(19-13)18-8-9-7-10(15)12(16)20(9)4/h5-7H,8H2,1-4H3,(H,17,18,19). The molecule has 2 aromatic rings. The first-order chi connectivity index (χ1) is 9.29. The van der Waals surface area contributed by atoms with Gasteiger partial charge in [0.2, 0.25) is 0 Å². The summed E-state index contributed by atoms with van der Waals surface area (Å²) < 4.78 is 1.85. The van der Waals surface area contributed by atoms with Crippen LogP contribution in [0, 0.1) is 0 Å². The van der Waals surface area contributed by atoms with Gasteiger partial charge >= 0.3 is 0 Å². The van der Waals surface area contributed by atoms with Gasteiger partial charge in [0.15, 0.2) is 0 Å². The normalized spacial score (nSPS) is 11.7. The van der Waals surface area contributed by atoms with E-state index in [-0.39, 0.29) is 5.41 Å². The number of nitrogens with one attached hydrogen (secondary N) is 1. The highest BCUT2D eigenvalue weighted by molar-refractivity contribution is 6.41. The maximum atomic E-state index is 6.04. The molecule has 2 rings (SSSR count). The minimum Gasteiger partial charge on any atom is -0.364 e. The number of hydrogen-bond acceptors (Lipinski definition) is 3. The van der Waals surface area contributed by atoms with Gasteiger partial charge in [0, 0.05) is 24.4 Å². The summed E-state index contributed by atoms with van der Waals surface area (Å²) in [7, 11) is 1.88. The molecule has 0 saturated heterocycles. The van der Waals surface area contributed by atoms with Crippen LogP contribution in [0.1, 0.15) is 32.3 Å². The fraction of sp³-hybridized carbons (Fsp3) is 0.429. The van der Waals surface area contributed by atoms with Gasteiger partial charge in [0.1, 0.15) is 16.8 Å². The van der Waals surface area contributed by atoms with Gasteiger partial charge in [0.25, 0.3) is 0 Å². The lowest BCUT2D eigenvalue weighted by Gasteiger charge is -2.17. The van der Waals surface area contributed by atoms with Gasteiger partial charge in [-0.15, -0.1) is 0 Å². The van der Waals surface area contributed by atoms with Crippen LogP contribution >= 0.6 is 23.2 Å². The quantitative estimate of drug-likeness (QED) is 0.930. The van der Waals surface area contributed by atoms with Crippen molar-refractivity contribution in [2.24, 2.45) is 7.05 Å². The zero-order chi connectivity index (χ0) is 14.9. The summed E-state index contributed by atoms with van der Waals surface area (Å²) in [6.07, 6.45) is 1.76. The number of hydrogen-bond donors (Lipinski definition) is 1. The van der Waals surface area contributed by atoms with E-state index in [9.17, 15) is 0 Å². The summed E-state index contributed by atoms with van der Waals surface area (Å²) in [6.45, 7) is 6.86. The third kappa shape index (κ3) is 3.25. The molecule has 0 aromatic carbocycles. The Kier molecular flexibility index (Phi) is 4.25. The minimum absolute atomic E-state index is 0.0741. The predicted octanol–water partition coefficient (Wildman–Crippen LogP) is 4.03. The average Bonchev–Trinajstić information content (AvgIpc) is 2.63. The maximum absolute atomic E-state index is 6.04. The highest BCUT2D eigenvalue weighted by Gasteiger charge is 2.17. The second kappa shape index (κ2) is 5.62. The van der Waals surface area contributed by atoms with Crippen LogP contribution in [-0.2, 0) is 19.0 Å². The van der Waals surface area contributed by atoms with Crippen molar-refractivity contribution in [1.82, 2.24) is 14.5 Å². The van der Waals surface area contributed by atoms with Crippen molar-refractivity contribution in [3.8, 4) is 0 Å². The topological polar surface area (TPSA) is 42.7 Å². The van der Waals surface area contributed by atoms with E-state index in [4.69, 9.17) is 23.2 Å². The maximum Gasteiger partial charge on any atom is 0.135 e. The van der Waals surface area contributed by atoms with Crippen LogP contribution in [0.2, 0.25) is 10.2 Å². The Bertz CT molecular complexity index is 614. The molecule has 4 nitrogen and oxygen atoms in total. The first-order valence-electron chi connectivity index (χ1n) is 6.36. The fourth-order valence-electron chi connectivity index (χ4n) is 1.76. The van der Waals surface area contributed by atoms with Gasteiger partial charge in [-0.2, -0.15) is 0 Å². The number of halogens is 2. The first kappa shape index (κ1) is 15.1. The molecule has 6 heteroatoms. The van der Waals surface area contributed by atoms with Crippen molar-refractivity contribution >= 4 is 29.0 Å². The Balaban J connectivity index is 2.13. The third-order valence-electron chi connectivity index (χ3n) is 2.99. The van der Waals surface area contributed by atoms with Crippen LogP contribution in [0.3, 0.4) is 0 Å². The molecule has 0 atom stereocenters. The zero-order valence-electron chi connectivity index (χ0n) is 12.0. The molecule has 20 heavy (non-hydrogen) atoms. The molecule has 2 heterocycles. The number of anilines is 1. The molecule has 0 radical (unpaired) electrons. The summed E-state index contributed by atoms with van der Waals surface area (Å²) >= 11 is 12.0. The molecule has 1 N–H and O–H groups in total. The molecule has 108 valence electrons. The Hall–Kier alpha value is -1.26. The van der Waals surface area contributed by atoms with Crippen LogP contribution in [0.5, 0.6) is 0 Å². The monoisotopic (exact) mass is 312 g/mol. The SMILES string of the molecule is Cn1c(CNc2ccnc(C(C)(C)C)n2)cc(Cl)c1Cl. The van der Waals surface area contributed by atoms with E-state index in [2.05, 4.69) is 36.1 Å². The Morgan fingerprint density at radius 1 is 1.30 bits per heavy atom. The Labute approximate surface area is 129 Å². The van der Waals surface area contributed by atoms with E-state index in [1.807, 2.05) is 23.7 Å². The van der Waals surface area contributed by atoms with Crippen LogP contribution < -0.4 is 5.32 Å². The van der Waals surface area contributed by atoms with E-state index in [0.29, 0.717) is 16.7 Å². The van der Waals surface area contributed by atoms with Gasteiger partial charge < -0.3 is 9.88 Å². The van der Waals surface area contributed by atoms with Crippen molar-refractivity contribution < 1.29 is 0 Å². The molecule has 0 spiro atoms. The third-order valence-corrected chi connectivity index (χ3v) is 3.83. The van der Waals surface area contributed by atoms with Gasteiger partial charge in [-0.25, -0.2) is 9.97 Å². The lowest BCUT2D eigenvalue weighted by Crippen LogP contribution is -2.17. The Morgan fingerprint density at radius 2 is 2.00 bits per heavy atom. The molecular formula is C14H18Cl2N4. The smallest absolute Gasteiger partial charge is 0.135 e. The van der Waals surface area contributed by atoms with Crippen molar-refractivity contribution in [2.75, 3.05) is 5.32 Å². The molecule has 2 aromatic heterocycles. The van der Waals surface area contributed by atoms with Crippen molar-refractivity contribution in [2.45, 2.75) is 32.7 Å². The molecule has 0 aliphatic heterocycles. The lowest BCUT2D eigenvalue weighted by molar-refractivity contribution is 0.545. The minimum atomic E-state index is -0.0741. The molecule has 0 saturated carbocycles. The highest BCUT2D eigenvalue weighted by Crippen LogP contribution is 2.25. The van der Waals surface area contributed by atoms with E-state index < -0.39 is 0 Å². The number of rotatable bonds is 3. The van der Waals surface area contributed by atoms with Crippen molar-refractivity contribution in [3.63, 3.8) is 0 Å². The first-order valence-corrected chi connectivity index (χ1v) is 7.11. The summed E-state index contributed by atoms with van der Waals surface area (Å²) in [6, 6.07) is 3.70. The highest BCUT2D eigenvalue weighted by atomic mass is 35.5. The van der Waals surface area contributed by atoms with Gasteiger partial charge in [-0.1, -0.05) is 44.0 Å². The van der Waals surface area contributed by atoms with Gasteiger partial charge in [-0.05, 0) is 12.1 Å². The van der Waals surface area contributed by atoms with Crippen molar-refractivity contribution in [3.05, 3.63) is 40.0 Å².